The summed E-state index contributed by atoms with van der Waals surface area (Å²) in [6, 6.07) is -1.14. The van der Waals surface area contributed by atoms with E-state index in [2.05, 4.69) is 0 Å². The van der Waals surface area contributed by atoms with Crippen LogP contribution in [0.4, 0.5) is 13.2 Å². The number of carbonyl (C=O) groups is 1. The Hall–Kier alpha value is -0.830. The van der Waals surface area contributed by atoms with E-state index in [1.165, 1.54) is 0 Å². The summed E-state index contributed by atoms with van der Waals surface area (Å²) in [5, 5.41) is 0. The molecule has 1 aliphatic rings. The van der Waals surface area contributed by atoms with Crippen molar-refractivity contribution in [1.29, 1.82) is 0 Å². The largest absolute Gasteiger partial charge is 0.516 e. The van der Waals surface area contributed by atoms with Crippen LogP contribution in [0, 0.1) is 0 Å². The number of hydrogen-bond acceptors (Lipinski definition) is 4. The van der Waals surface area contributed by atoms with Gasteiger partial charge in [-0.15, -0.1) is 0 Å². The molecule has 0 radical (unpaired) electrons. The first-order valence-corrected chi connectivity index (χ1v) is 4.50. The Labute approximate surface area is 71.3 Å². The Morgan fingerprint density at radius 1 is 1.46 bits per heavy atom. The Bertz CT molecular complexity index is 335. The van der Waals surface area contributed by atoms with Gasteiger partial charge in [0.2, 0.25) is 0 Å². The second kappa shape index (κ2) is 2.58. The number of nitrogens with two attached hydrogens (primary N) is 1. The molecule has 1 saturated heterocycles. The lowest BCUT2D eigenvalue weighted by Crippen LogP contribution is -2.64. The Morgan fingerprint density at radius 3 is 2.15 bits per heavy atom. The molecule has 1 aliphatic heterocycles. The van der Waals surface area contributed by atoms with Crippen LogP contribution in [-0.2, 0) is 14.8 Å². The third kappa shape index (κ3) is 1.37. The van der Waals surface area contributed by atoms with E-state index in [0.29, 0.717) is 0 Å². The summed E-state index contributed by atoms with van der Waals surface area (Å²) in [7, 11) is -5.52. The van der Waals surface area contributed by atoms with E-state index < -0.39 is 34.0 Å². The molecule has 0 aromatic heterocycles. The smallest absolute Gasteiger partial charge is 0.318 e. The number of hydrogen-bond donors (Lipinski definition) is 1. The average Bonchev–Trinajstić information content (AvgIpc) is 1.97. The molecule has 13 heavy (non-hydrogen) atoms. The van der Waals surface area contributed by atoms with Crippen molar-refractivity contribution in [3.63, 3.8) is 0 Å². The predicted octanol–water partition coefficient (Wildman–Crippen LogP) is -0.994. The van der Waals surface area contributed by atoms with Crippen molar-refractivity contribution >= 4 is 15.9 Å². The van der Waals surface area contributed by atoms with Crippen molar-refractivity contribution in [3.05, 3.63) is 0 Å². The van der Waals surface area contributed by atoms with Gasteiger partial charge in [0.1, 0.15) is 6.04 Å². The zero-order valence-corrected chi connectivity index (χ0v) is 6.89. The minimum Gasteiger partial charge on any atom is -0.318 e. The van der Waals surface area contributed by atoms with Gasteiger partial charge in [-0.1, -0.05) is 0 Å². The van der Waals surface area contributed by atoms with Crippen molar-refractivity contribution in [2.75, 3.05) is 6.54 Å². The first-order valence-electron chi connectivity index (χ1n) is 3.06. The fourth-order valence-corrected chi connectivity index (χ4v) is 1.74. The number of carbonyl (C=O) groups excluding carboxylic acids is 1. The summed E-state index contributed by atoms with van der Waals surface area (Å²) in [6.45, 7) is -0.610. The monoisotopic (exact) mass is 218 g/mol. The normalized spacial score (nSPS) is 24.5. The van der Waals surface area contributed by atoms with Crippen LogP contribution >= 0.6 is 0 Å². The lowest BCUT2D eigenvalue weighted by Gasteiger charge is -2.34. The minimum absolute atomic E-state index is 0.280. The molecule has 0 saturated carbocycles. The maximum absolute atomic E-state index is 11.8. The summed E-state index contributed by atoms with van der Waals surface area (Å²) in [6.07, 6.45) is 0. The van der Waals surface area contributed by atoms with Crippen molar-refractivity contribution in [2.45, 2.75) is 11.6 Å². The fraction of sp³-hybridized carbons (Fsp3) is 0.750. The van der Waals surface area contributed by atoms with Crippen LogP contribution in [0.2, 0.25) is 0 Å². The van der Waals surface area contributed by atoms with Crippen LogP contribution in [0.25, 0.3) is 0 Å². The zero-order chi connectivity index (χ0) is 10.4. The molecule has 0 bridgehead atoms. The van der Waals surface area contributed by atoms with Crippen LogP contribution in [-0.4, -0.2) is 36.7 Å². The summed E-state index contributed by atoms with van der Waals surface area (Å²) >= 11 is 0. The van der Waals surface area contributed by atoms with Crippen molar-refractivity contribution in [3.8, 4) is 0 Å². The topological polar surface area (TPSA) is 80.5 Å². The van der Waals surface area contributed by atoms with Gasteiger partial charge in [-0.25, -0.2) is 4.31 Å². The molecule has 2 N–H and O–H groups in total. The first-order chi connectivity index (χ1) is 5.68. The minimum atomic E-state index is -5.52. The number of β-lactam (4-membered cyclic amide) rings is 1. The number of amides is 1. The molecule has 1 fully saturated rings. The average molecular weight is 218 g/mol. The Morgan fingerprint density at radius 2 is 1.92 bits per heavy atom. The van der Waals surface area contributed by atoms with E-state index in [-0.39, 0.29) is 4.31 Å². The van der Waals surface area contributed by atoms with Gasteiger partial charge in [0.25, 0.3) is 5.91 Å². The molecule has 0 aromatic rings. The van der Waals surface area contributed by atoms with Crippen molar-refractivity contribution in [1.82, 2.24) is 4.31 Å². The maximum Gasteiger partial charge on any atom is 0.516 e. The van der Waals surface area contributed by atoms with Gasteiger partial charge in [0, 0.05) is 0 Å². The highest BCUT2D eigenvalue weighted by molar-refractivity contribution is 7.90. The second-order valence-electron chi connectivity index (χ2n) is 2.43. The number of nitrogens with zero attached hydrogens (tertiary/aromatic N) is 1. The van der Waals surface area contributed by atoms with Gasteiger partial charge < -0.3 is 5.73 Å². The fourth-order valence-electron chi connectivity index (χ4n) is 0.761. The van der Waals surface area contributed by atoms with Crippen LogP contribution in [0.15, 0.2) is 0 Å². The molecule has 1 rings (SSSR count). The van der Waals surface area contributed by atoms with Gasteiger partial charge in [-0.2, -0.15) is 21.6 Å². The van der Waals surface area contributed by atoms with Crippen LogP contribution in [0.5, 0.6) is 0 Å². The molecular weight excluding hydrogens is 213 g/mol. The van der Waals surface area contributed by atoms with Gasteiger partial charge in [-0.05, 0) is 0 Å². The molecule has 1 amide bonds. The molecular formula is C4H5F3N2O3S. The second-order valence-corrected chi connectivity index (χ2v) is 4.28. The van der Waals surface area contributed by atoms with E-state index in [9.17, 15) is 26.4 Å². The van der Waals surface area contributed by atoms with Crippen molar-refractivity contribution in [2.24, 2.45) is 5.73 Å². The lowest BCUT2D eigenvalue weighted by molar-refractivity contribution is -0.137. The molecule has 0 aliphatic carbocycles. The summed E-state index contributed by atoms with van der Waals surface area (Å²) < 4.78 is 56.1. The summed E-state index contributed by atoms with van der Waals surface area (Å²) in [4.78, 5) is 10.6. The molecule has 1 heterocycles. The zero-order valence-electron chi connectivity index (χ0n) is 6.08. The number of alkyl halides is 3. The van der Waals surface area contributed by atoms with Gasteiger partial charge in [-0.3, -0.25) is 4.79 Å². The number of rotatable bonds is 1. The van der Waals surface area contributed by atoms with Crippen LogP contribution in [0.3, 0.4) is 0 Å². The van der Waals surface area contributed by atoms with Gasteiger partial charge in [0.15, 0.2) is 0 Å². The van der Waals surface area contributed by atoms with Gasteiger partial charge in [0.05, 0.1) is 6.54 Å². The third-order valence-corrected chi connectivity index (χ3v) is 3.00. The lowest BCUT2D eigenvalue weighted by atomic mass is 10.2. The molecule has 5 nitrogen and oxygen atoms in total. The van der Waals surface area contributed by atoms with E-state index in [1.54, 1.807) is 0 Å². The molecule has 9 heteroatoms. The highest BCUT2D eigenvalue weighted by atomic mass is 32.2. The number of halogens is 3. The molecule has 76 valence electrons. The van der Waals surface area contributed by atoms with E-state index in [0.717, 1.165) is 0 Å². The maximum atomic E-state index is 11.8. The predicted molar refractivity (Wildman–Crippen MR) is 34.7 cm³/mol. The number of sulfonamides is 1. The SMILES string of the molecule is N[C@@H]1CN(S(=O)(=O)C(F)(F)F)C1=O. The van der Waals surface area contributed by atoms with Crippen LogP contribution < -0.4 is 5.73 Å². The molecule has 0 spiro atoms. The highest BCUT2D eigenvalue weighted by Gasteiger charge is 2.56. The van der Waals surface area contributed by atoms with E-state index >= 15 is 0 Å². The Kier molecular flexibility index (Phi) is 2.03. The van der Waals surface area contributed by atoms with Crippen molar-refractivity contribution < 1.29 is 26.4 Å². The van der Waals surface area contributed by atoms with Crippen LogP contribution in [0.1, 0.15) is 0 Å². The standard InChI is InChI=1S/C4H5F3N2O3S/c5-4(6,7)13(11,12)9-1-2(8)3(9)10/h2H,1,8H2/t2-/m1/s1. The van der Waals surface area contributed by atoms with E-state index in [1.807, 2.05) is 0 Å². The van der Waals surface area contributed by atoms with E-state index in [4.69, 9.17) is 5.73 Å². The molecule has 1 atom stereocenters. The molecule has 0 unspecified atom stereocenters. The quantitative estimate of drug-likeness (QED) is 0.573. The Balaban J connectivity index is 2.93. The van der Waals surface area contributed by atoms with Gasteiger partial charge >= 0.3 is 15.5 Å². The highest BCUT2D eigenvalue weighted by Crippen LogP contribution is 2.29. The first kappa shape index (κ1) is 10.3. The summed E-state index contributed by atoms with van der Waals surface area (Å²) in [5.41, 5.74) is -0.512. The molecule has 0 aromatic carbocycles. The summed E-state index contributed by atoms with van der Waals surface area (Å²) in [5.74, 6) is -1.22. The third-order valence-electron chi connectivity index (χ3n) is 1.51.